The van der Waals surface area contributed by atoms with E-state index in [-0.39, 0.29) is 17.2 Å². The first-order chi connectivity index (χ1) is 11.5. The number of hydrogen-bond donors (Lipinski definition) is 2. The number of aromatic nitrogens is 1. The molecule has 7 heteroatoms. The van der Waals surface area contributed by atoms with Crippen LogP contribution in [0.3, 0.4) is 0 Å². The zero-order valence-electron chi connectivity index (χ0n) is 12.6. The van der Waals surface area contributed by atoms with Gasteiger partial charge in [-0.25, -0.2) is 9.37 Å². The van der Waals surface area contributed by atoms with Crippen LogP contribution < -0.4 is 15.2 Å². The number of primary amides is 1. The molecule has 0 fully saturated rings. The second-order valence-corrected chi connectivity index (χ2v) is 5.00. The van der Waals surface area contributed by atoms with Gasteiger partial charge in [0.05, 0.1) is 7.11 Å². The molecule has 6 nitrogen and oxygen atoms in total. The number of carbonyl (C=O) groups is 1. The quantitative estimate of drug-likeness (QED) is 0.768. The van der Waals surface area contributed by atoms with Crippen molar-refractivity contribution in [3.05, 3.63) is 54.1 Å². The maximum absolute atomic E-state index is 13.5. The molecule has 3 aromatic rings. The first-order valence-electron chi connectivity index (χ1n) is 6.92. The second-order valence-electron chi connectivity index (χ2n) is 5.00. The van der Waals surface area contributed by atoms with Crippen LogP contribution in [0.1, 0.15) is 10.5 Å². The normalized spacial score (nSPS) is 10.6. The minimum Gasteiger partial charge on any atom is -0.505 e. The van der Waals surface area contributed by atoms with E-state index in [4.69, 9.17) is 15.2 Å². The van der Waals surface area contributed by atoms with Gasteiger partial charge in [-0.3, -0.25) is 4.79 Å². The largest absolute Gasteiger partial charge is 0.505 e. The monoisotopic (exact) mass is 328 g/mol. The molecule has 0 bridgehead atoms. The van der Waals surface area contributed by atoms with E-state index in [9.17, 15) is 14.3 Å². The summed E-state index contributed by atoms with van der Waals surface area (Å²) in [4.78, 5) is 15.0. The zero-order chi connectivity index (χ0) is 17.3. The van der Waals surface area contributed by atoms with Crippen LogP contribution in [0.2, 0.25) is 0 Å². The highest BCUT2D eigenvalue weighted by molar-refractivity contribution is 6.00. The van der Waals surface area contributed by atoms with E-state index < -0.39 is 11.7 Å². The van der Waals surface area contributed by atoms with Crippen LogP contribution >= 0.6 is 0 Å². The molecule has 0 spiro atoms. The average molecular weight is 328 g/mol. The van der Waals surface area contributed by atoms with Crippen molar-refractivity contribution in [2.24, 2.45) is 5.73 Å². The zero-order valence-corrected chi connectivity index (χ0v) is 12.6. The van der Waals surface area contributed by atoms with Crippen molar-refractivity contribution in [2.75, 3.05) is 7.11 Å². The molecular formula is C17H13FN2O4. The molecule has 3 N–H and O–H groups in total. The van der Waals surface area contributed by atoms with Crippen molar-refractivity contribution in [2.45, 2.75) is 0 Å². The summed E-state index contributed by atoms with van der Waals surface area (Å²) in [5.74, 6) is -0.604. The number of ether oxygens (including phenoxy) is 2. The number of rotatable bonds is 4. The van der Waals surface area contributed by atoms with Crippen LogP contribution in [-0.4, -0.2) is 23.1 Å². The molecule has 0 saturated carbocycles. The number of nitrogens with zero attached hydrogens (tertiary/aromatic N) is 1. The fraction of sp³-hybridized carbons (Fsp3) is 0.0588. The predicted octanol–water partition coefficient (Wildman–Crippen LogP) is 2.98. The molecule has 122 valence electrons. The lowest BCUT2D eigenvalue weighted by atomic mass is 10.1. The number of amides is 1. The number of hydrogen-bond acceptors (Lipinski definition) is 5. The molecule has 0 saturated heterocycles. The maximum atomic E-state index is 13.5. The lowest BCUT2D eigenvalue weighted by molar-refractivity contribution is 0.0993. The highest BCUT2D eigenvalue weighted by atomic mass is 19.1. The van der Waals surface area contributed by atoms with Gasteiger partial charge in [0.1, 0.15) is 23.1 Å². The van der Waals surface area contributed by atoms with E-state index in [0.29, 0.717) is 22.3 Å². The number of pyridine rings is 1. The third-order valence-corrected chi connectivity index (χ3v) is 3.38. The van der Waals surface area contributed by atoms with Gasteiger partial charge in [-0.1, -0.05) is 0 Å². The third-order valence-electron chi connectivity index (χ3n) is 3.38. The Morgan fingerprint density at radius 2 is 1.92 bits per heavy atom. The Bertz CT molecular complexity index is 943. The Kier molecular flexibility index (Phi) is 3.91. The molecule has 1 amide bonds. The number of carbonyl (C=O) groups excluding carboxylic acids is 1. The van der Waals surface area contributed by atoms with E-state index in [1.807, 2.05) is 0 Å². The van der Waals surface area contributed by atoms with Crippen LogP contribution in [0.4, 0.5) is 4.39 Å². The highest BCUT2D eigenvalue weighted by Crippen LogP contribution is 2.32. The first-order valence-corrected chi connectivity index (χ1v) is 6.92. The lowest BCUT2D eigenvalue weighted by Gasteiger charge is -2.10. The predicted molar refractivity (Wildman–Crippen MR) is 85.0 cm³/mol. The lowest BCUT2D eigenvalue weighted by Crippen LogP contribution is -2.13. The summed E-state index contributed by atoms with van der Waals surface area (Å²) in [7, 11) is 1.43. The minimum absolute atomic E-state index is 0.203. The summed E-state index contributed by atoms with van der Waals surface area (Å²) in [5, 5.41) is 11.0. The molecule has 1 heterocycles. The molecular weight excluding hydrogens is 315 g/mol. The smallest absolute Gasteiger partial charge is 0.271 e. The van der Waals surface area contributed by atoms with E-state index in [2.05, 4.69) is 4.98 Å². The van der Waals surface area contributed by atoms with Gasteiger partial charge < -0.3 is 20.3 Å². The Morgan fingerprint density at radius 1 is 1.17 bits per heavy atom. The van der Waals surface area contributed by atoms with Gasteiger partial charge in [0.25, 0.3) is 5.91 Å². The van der Waals surface area contributed by atoms with Crippen LogP contribution in [0, 0.1) is 5.82 Å². The summed E-state index contributed by atoms with van der Waals surface area (Å²) in [6, 6.07) is 8.73. The Morgan fingerprint density at radius 3 is 2.62 bits per heavy atom. The van der Waals surface area contributed by atoms with E-state index in [1.54, 1.807) is 24.3 Å². The SMILES string of the molecule is COc1cc(F)cc(Oc2ccc3c(O)c(C(N)=O)ncc3c2)c1. The fourth-order valence-electron chi connectivity index (χ4n) is 2.28. The number of benzene rings is 2. The molecule has 3 rings (SSSR count). The second kappa shape index (κ2) is 6.04. The minimum atomic E-state index is -0.818. The van der Waals surface area contributed by atoms with Crippen molar-refractivity contribution >= 4 is 16.7 Å². The number of aromatic hydroxyl groups is 1. The van der Waals surface area contributed by atoms with Gasteiger partial charge in [-0.15, -0.1) is 0 Å². The maximum Gasteiger partial charge on any atom is 0.271 e. The van der Waals surface area contributed by atoms with Crippen LogP contribution in [0.15, 0.2) is 42.6 Å². The molecule has 0 aliphatic heterocycles. The van der Waals surface area contributed by atoms with Crippen molar-refractivity contribution in [3.8, 4) is 23.0 Å². The highest BCUT2D eigenvalue weighted by Gasteiger charge is 2.13. The van der Waals surface area contributed by atoms with Gasteiger partial charge in [0.15, 0.2) is 11.4 Å². The van der Waals surface area contributed by atoms with Crippen LogP contribution in [0.25, 0.3) is 10.8 Å². The summed E-state index contributed by atoms with van der Waals surface area (Å²) in [6.45, 7) is 0. The van der Waals surface area contributed by atoms with Gasteiger partial charge >= 0.3 is 0 Å². The molecule has 0 aliphatic rings. The Hall–Kier alpha value is -3.35. The van der Waals surface area contributed by atoms with E-state index in [1.165, 1.54) is 25.4 Å². The van der Waals surface area contributed by atoms with E-state index >= 15 is 0 Å². The first kappa shape index (κ1) is 15.5. The van der Waals surface area contributed by atoms with Crippen molar-refractivity contribution < 1.29 is 23.8 Å². The standard InChI is InChI=1S/C17H13FN2O4/c1-23-12-5-10(18)6-13(7-12)24-11-2-3-14-9(4-11)8-20-15(16(14)21)17(19)22/h2-8,21H,1H3,(H2,19,22). The summed E-state index contributed by atoms with van der Waals surface area (Å²) in [5.41, 5.74) is 4.94. The average Bonchev–Trinajstić information content (AvgIpc) is 2.54. The summed E-state index contributed by atoms with van der Waals surface area (Å²) < 4.78 is 24.1. The molecule has 0 unspecified atom stereocenters. The molecule has 1 aromatic heterocycles. The van der Waals surface area contributed by atoms with Crippen LogP contribution in [-0.2, 0) is 0 Å². The van der Waals surface area contributed by atoms with E-state index in [0.717, 1.165) is 0 Å². The summed E-state index contributed by atoms with van der Waals surface area (Å²) in [6.07, 6.45) is 1.40. The molecule has 0 atom stereocenters. The number of fused-ring (bicyclic) bond motifs is 1. The van der Waals surface area contributed by atoms with Crippen molar-refractivity contribution in [1.29, 1.82) is 0 Å². The van der Waals surface area contributed by atoms with Crippen molar-refractivity contribution in [1.82, 2.24) is 4.98 Å². The molecule has 0 aliphatic carbocycles. The summed E-state index contributed by atoms with van der Waals surface area (Å²) >= 11 is 0. The van der Waals surface area contributed by atoms with Crippen molar-refractivity contribution in [3.63, 3.8) is 0 Å². The van der Waals surface area contributed by atoms with Gasteiger partial charge in [-0.2, -0.15) is 0 Å². The molecule has 2 aromatic carbocycles. The van der Waals surface area contributed by atoms with Gasteiger partial charge in [0.2, 0.25) is 0 Å². The van der Waals surface area contributed by atoms with Gasteiger partial charge in [-0.05, 0) is 18.2 Å². The molecule has 24 heavy (non-hydrogen) atoms. The Labute approximate surface area is 136 Å². The fourth-order valence-corrected chi connectivity index (χ4v) is 2.28. The Balaban J connectivity index is 1.98. The number of nitrogens with two attached hydrogens (primary N) is 1. The molecule has 0 radical (unpaired) electrons. The third kappa shape index (κ3) is 2.91. The number of halogens is 1. The van der Waals surface area contributed by atoms with Gasteiger partial charge in [0, 0.05) is 35.2 Å². The van der Waals surface area contributed by atoms with Crippen LogP contribution in [0.5, 0.6) is 23.0 Å². The topological polar surface area (TPSA) is 94.7 Å². The number of methoxy groups -OCH3 is 1.